The van der Waals surface area contributed by atoms with Gasteiger partial charge in [0.15, 0.2) is 0 Å². The summed E-state index contributed by atoms with van der Waals surface area (Å²) in [4.78, 5) is 26.4. The number of nitrogens with zero attached hydrogens (tertiary/aromatic N) is 3. The number of hydrogen-bond donors (Lipinski definition) is 4. The van der Waals surface area contributed by atoms with Gasteiger partial charge in [-0.3, -0.25) is 4.79 Å². The van der Waals surface area contributed by atoms with Crippen LogP contribution < -0.4 is 15.8 Å². The molecule has 0 aliphatic carbocycles. The van der Waals surface area contributed by atoms with Gasteiger partial charge in [0, 0.05) is 38.1 Å². The lowest BCUT2D eigenvalue weighted by Crippen LogP contribution is -2.48. The van der Waals surface area contributed by atoms with Crippen LogP contribution in [0, 0.1) is 6.92 Å². The fourth-order valence-corrected chi connectivity index (χ4v) is 7.06. The number of aromatic nitrogens is 3. The molecule has 1 saturated heterocycles. The van der Waals surface area contributed by atoms with Crippen molar-refractivity contribution in [1.29, 1.82) is 0 Å². The summed E-state index contributed by atoms with van der Waals surface area (Å²) in [5.74, 6) is 0.426. The van der Waals surface area contributed by atoms with Crippen molar-refractivity contribution in [3.63, 3.8) is 0 Å². The average Bonchev–Trinajstić information content (AvgIpc) is 3.46. The predicted octanol–water partition coefficient (Wildman–Crippen LogP) is 3.75. The number of aliphatic hydroxyl groups is 1. The van der Waals surface area contributed by atoms with E-state index in [4.69, 9.17) is 4.98 Å². The minimum absolute atomic E-state index is 0.107. The average molecular weight is 599 g/mol. The third-order valence-electron chi connectivity index (χ3n) is 7.85. The normalized spacial score (nSPS) is 15.1. The van der Waals surface area contributed by atoms with Gasteiger partial charge in [0.25, 0.3) is 5.56 Å². The smallest absolute Gasteiger partial charge is 0.261 e. The minimum Gasteiger partial charge on any atom is -0.394 e. The Labute approximate surface area is 250 Å². The van der Waals surface area contributed by atoms with E-state index in [1.54, 1.807) is 42.6 Å². The molecule has 1 fully saturated rings. The molecule has 222 valence electrons. The zero-order valence-electron chi connectivity index (χ0n) is 23.8. The molecule has 1 atom stereocenters. The molecule has 43 heavy (non-hydrogen) atoms. The van der Waals surface area contributed by atoms with Gasteiger partial charge in [-0.2, -0.15) is 4.31 Å². The Kier molecular flexibility index (Phi) is 8.02. The zero-order chi connectivity index (χ0) is 30.0. The second-order valence-corrected chi connectivity index (χ2v) is 12.7. The van der Waals surface area contributed by atoms with Crippen molar-refractivity contribution in [2.75, 3.05) is 43.0 Å². The molecule has 0 saturated carbocycles. The number of aromatic amines is 2. The summed E-state index contributed by atoms with van der Waals surface area (Å²) < 4.78 is 27.7. The Hall–Kier alpha value is -4.45. The summed E-state index contributed by atoms with van der Waals surface area (Å²) in [6.07, 6.45) is 2.17. The molecule has 0 spiro atoms. The van der Waals surface area contributed by atoms with Crippen LogP contribution in [0.15, 0.2) is 94.7 Å². The van der Waals surface area contributed by atoms with E-state index in [1.165, 1.54) is 4.31 Å². The lowest BCUT2D eigenvalue weighted by Gasteiger charge is -2.35. The van der Waals surface area contributed by atoms with E-state index in [0.29, 0.717) is 54.6 Å². The Morgan fingerprint density at radius 1 is 0.977 bits per heavy atom. The molecule has 0 bridgehead atoms. The first kappa shape index (κ1) is 28.7. The summed E-state index contributed by atoms with van der Waals surface area (Å²) in [6.45, 7) is 3.73. The van der Waals surface area contributed by atoms with E-state index in [1.807, 2.05) is 49.4 Å². The fraction of sp³-hybridized carbons (Fsp3) is 0.250. The van der Waals surface area contributed by atoms with Crippen molar-refractivity contribution in [2.24, 2.45) is 0 Å². The summed E-state index contributed by atoms with van der Waals surface area (Å²) in [5, 5.41) is 13.4. The first-order chi connectivity index (χ1) is 20.8. The molecule has 1 aliphatic heterocycles. The maximum atomic E-state index is 13.1. The third-order valence-corrected chi connectivity index (χ3v) is 9.76. The van der Waals surface area contributed by atoms with E-state index in [-0.39, 0.29) is 18.2 Å². The van der Waals surface area contributed by atoms with Gasteiger partial charge in [0.2, 0.25) is 10.0 Å². The van der Waals surface area contributed by atoms with Crippen LogP contribution in [0.3, 0.4) is 0 Å². The highest BCUT2D eigenvalue weighted by atomic mass is 32.2. The van der Waals surface area contributed by atoms with Crippen molar-refractivity contribution >= 4 is 32.4 Å². The summed E-state index contributed by atoms with van der Waals surface area (Å²) in [6, 6.07) is 23.9. The third kappa shape index (κ3) is 5.92. The van der Waals surface area contributed by atoms with Gasteiger partial charge in [0.1, 0.15) is 11.4 Å². The van der Waals surface area contributed by atoms with Gasteiger partial charge < -0.3 is 25.3 Å². The van der Waals surface area contributed by atoms with Gasteiger partial charge in [-0.25, -0.2) is 13.4 Å². The van der Waals surface area contributed by atoms with Crippen LogP contribution in [-0.4, -0.2) is 71.6 Å². The molecular formula is C32H34N6O4S. The molecular weight excluding hydrogens is 564 g/mol. The topological polar surface area (TPSA) is 134 Å². The number of anilines is 2. The molecule has 0 amide bonds. The van der Waals surface area contributed by atoms with Gasteiger partial charge in [-0.15, -0.1) is 0 Å². The molecule has 0 radical (unpaired) electrons. The lowest BCUT2D eigenvalue weighted by atomic mass is 10.1. The fourth-order valence-electron chi connectivity index (χ4n) is 5.61. The van der Waals surface area contributed by atoms with Crippen LogP contribution in [0.1, 0.15) is 11.1 Å². The number of hydrogen-bond acceptors (Lipinski definition) is 7. The predicted molar refractivity (Wildman–Crippen MR) is 169 cm³/mol. The SMILES string of the molecule is Cc1cc(N2CCN(S(=O)(=O)c3ccccc3)CC2)cc2[nH]c(-c3c(NC(CO)Cc4ccccc4)cc[nH]c3=O)nc12. The Balaban J connectivity index is 1.24. The zero-order valence-corrected chi connectivity index (χ0v) is 24.6. The Morgan fingerprint density at radius 2 is 1.67 bits per heavy atom. The molecule has 1 unspecified atom stereocenters. The quantitative estimate of drug-likeness (QED) is 0.203. The van der Waals surface area contributed by atoms with Crippen LogP contribution in [0.5, 0.6) is 0 Å². The van der Waals surface area contributed by atoms with E-state index in [9.17, 15) is 18.3 Å². The van der Waals surface area contributed by atoms with Crippen molar-refractivity contribution in [3.05, 3.63) is 107 Å². The van der Waals surface area contributed by atoms with E-state index < -0.39 is 10.0 Å². The number of nitrogens with one attached hydrogen (secondary N) is 3. The number of fused-ring (bicyclic) bond motifs is 1. The molecule has 1 aliphatic rings. The second-order valence-electron chi connectivity index (χ2n) is 10.8. The number of imidazole rings is 1. The largest absolute Gasteiger partial charge is 0.394 e. The van der Waals surface area contributed by atoms with Gasteiger partial charge in [-0.05, 0) is 54.8 Å². The van der Waals surface area contributed by atoms with E-state index >= 15 is 0 Å². The van der Waals surface area contributed by atoms with Crippen molar-refractivity contribution in [2.45, 2.75) is 24.3 Å². The van der Waals surface area contributed by atoms with Crippen molar-refractivity contribution < 1.29 is 13.5 Å². The lowest BCUT2D eigenvalue weighted by molar-refractivity contribution is 0.274. The number of sulfonamides is 1. The molecule has 4 N–H and O–H groups in total. The van der Waals surface area contributed by atoms with E-state index in [0.717, 1.165) is 27.8 Å². The highest BCUT2D eigenvalue weighted by Gasteiger charge is 2.29. The van der Waals surface area contributed by atoms with Crippen LogP contribution in [0.2, 0.25) is 0 Å². The molecule has 3 aromatic carbocycles. The molecule has 3 heterocycles. The summed E-state index contributed by atoms with van der Waals surface area (Å²) >= 11 is 0. The number of aryl methyl sites for hydroxylation is 1. The maximum absolute atomic E-state index is 13.1. The highest BCUT2D eigenvalue weighted by molar-refractivity contribution is 7.89. The minimum atomic E-state index is -3.54. The van der Waals surface area contributed by atoms with Crippen LogP contribution >= 0.6 is 0 Å². The van der Waals surface area contributed by atoms with Gasteiger partial charge in [0.05, 0.1) is 34.3 Å². The standard InChI is InChI=1S/C32H34N6O4S/c1-22-18-25(37-14-16-38(17-15-37)43(41,42)26-10-6-3-7-11-26)20-28-30(22)36-31(35-28)29-27(12-13-33-32(29)40)34-24(21-39)19-23-8-4-2-5-9-23/h2-13,18,20,24,39H,14-17,19,21H2,1H3,(H,35,36)(H2,33,34,40). The van der Waals surface area contributed by atoms with Crippen molar-refractivity contribution in [1.82, 2.24) is 19.3 Å². The van der Waals surface area contributed by atoms with Gasteiger partial charge >= 0.3 is 0 Å². The molecule has 10 nitrogen and oxygen atoms in total. The number of aliphatic hydroxyl groups excluding tert-OH is 1. The molecule has 6 rings (SSSR count). The molecule has 5 aromatic rings. The van der Waals surface area contributed by atoms with Crippen LogP contribution in [0.4, 0.5) is 11.4 Å². The number of piperazine rings is 1. The monoisotopic (exact) mass is 598 g/mol. The van der Waals surface area contributed by atoms with E-state index in [2.05, 4.69) is 20.2 Å². The number of pyridine rings is 1. The van der Waals surface area contributed by atoms with Crippen molar-refractivity contribution in [3.8, 4) is 11.4 Å². The van der Waals surface area contributed by atoms with Crippen LogP contribution in [0.25, 0.3) is 22.4 Å². The van der Waals surface area contributed by atoms with Crippen LogP contribution in [-0.2, 0) is 16.4 Å². The Morgan fingerprint density at radius 3 is 2.37 bits per heavy atom. The molecule has 11 heteroatoms. The number of H-pyrrole nitrogens is 2. The molecule has 2 aromatic heterocycles. The first-order valence-corrected chi connectivity index (χ1v) is 15.7. The Bertz CT molecular complexity index is 1880. The maximum Gasteiger partial charge on any atom is 0.261 e. The second kappa shape index (κ2) is 12.0. The summed E-state index contributed by atoms with van der Waals surface area (Å²) in [5.41, 5.74) is 5.15. The van der Waals surface area contributed by atoms with Gasteiger partial charge in [-0.1, -0.05) is 48.5 Å². The number of benzene rings is 3. The first-order valence-electron chi connectivity index (χ1n) is 14.3. The highest BCUT2D eigenvalue weighted by Crippen LogP contribution is 2.30. The summed E-state index contributed by atoms with van der Waals surface area (Å²) in [7, 11) is -3.54. The number of rotatable bonds is 9.